The van der Waals surface area contributed by atoms with E-state index in [9.17, 15) is 4.79 Å². The van der Waals surface area contributed by atoms with Crippen LogP contribution in [0, 0.1) is 0 Å². The zero-order valence-corrected chi connectivity index (χ0v) is 23.6. The van der Waals surface area contributed by atoms with Crippen LogP contribution in [0.4, 0.5) is 0 Å². The van der Waals surface area contributed by atoms with Gasteiger partial charge in [0.05, 0.1) is 26.4 Å². The standard InChI is InChI=1S/C31H52O5/c1-5-9-13-16-24-33-28-21-19-27(20-22-29(32)34-23-12-8-4)30(35-25-17-14-10-6-2)31(28)36-26-18-15-11-7-3/h19-22H,5-18,23-26H2,1-4H3. The minimum absolute atomic E-state index is 0.337. The summed E-state index contributed by atoms with van der Waals surface area (Å²) in [4.78, 5) is 12.2. The Kier molecular flexibility index (Phi) is 19.5. The minimum Gasteiger partial charge on any atom is -0.490 e. The molecule has 0 atom stereocenters. The van der Waals surface area contributed by atoms with Crippen molar-refractivity contribution in [1.82, 2.24) is 0 Å². The molecule has 0 aliphatic carbocycles. The summed E-state index contributed by atoms with van der Waals surface area (Å²) in [7, 11) is 0. The molecule has 36 heavy (non-hydrogen) atoms. The van der Waals surface area contributed by atoms with Crippen molar-refractivity contribution in [3.63, 3.8) is 0 Å². The van der Waals surface area contributed by atoms with E-state index in [1.807, 2.05) is 12.1 Å². The number of carbonyl (C=O) groups is 1. The molecule has 0 radical (unpaired) electrons. The van der Waals surface area contributed by atoms with Crippen LogP contribution >= 0.6 is 0 Å². The summed E-state index contributed by atoms with van der Waals surface area (Å²) < 4.78 is 24.1. The maximum Gasteiger partial charge on any atom is 0.330 e. The predicted octanol–water partition coefficient (Wildman–Crippen LogP) is 8.92. The molecule has 0 unspecified atom stereocenters. The molecule has 1 aromatic carbocycles. The van der Waals surface area contributed by atoms with E-state index in [1.165, 1.54) is 44.6 Å². The number of carbonyl (C=O) groups excluding carboxylic acids is 1. The molecule has 0 heterocycles. The fourth-order valence-corrected chi connectivity index (χ4v) is 3.73. The van der Waals surface area contributed by atoms with E-state index < -0.39 is 0 Å². The molecule has 0 fully saturated rings. The number of ether oxygens (including phenoxy) is 4. The summed E-state index contributed by atoms with van der Waals surface area (Å²) in [6, 6.07) is 3.88. The first-order valence-electron chi connectivity index (χ1n) is 14.6. The molecule has 1 aromatic rings. The normalized spacial score (nSPS) is 11.1. The summed E-state index contributed by atoms with van der Waals surface area (Å²) in [5.41, 5.74) is 0.805. The highest BCUT2D eigenvalue weighted by Gasteiger charge is 2.17. The third-order valence-corrected chi connectivity index (χ3v) is 5.99. The minimum atomic E-state index is -0.337. The fourth-order valence-electron chi connectivity index (χ4n) is 3.73. The SMILES string of the molecule is CCCCCCOc1ccc(C=CC(=O)OCCCC)c(OCCCCCC)c1OCCCCCC. The predicted molar refractivity (Wildman–Crippen MR) is 150 cm³/mol. The van der Waals surface area contributed by atoms with Crippen LogP contribution in [0.15, 0.2) is 18.2 Å². The van der Waals surface area contributed by atoms with Crippen LogP contribution in [-0.4, -0.2) is 32.4 Å². The largest absolute Gasteiger partial charge is 0.490 e. The van der Waals surface area contributed by atoms with Gasteiger partial charge in [0.1, 0.15) is 0 Å². The number of benzene rings is 1. The lowest BCUT2D eigenvalue weighted by Crippen LogP contribution is -2.07. The lowest BCUT2D eigenvalue weighted by atomic mass is 10.1. The number of rotatable bonds is 23. The van der Waals surface area contributed by atoms with Crippen molar-refractivity contribution in [2.24, 2.45) is 0 Å². The van der Waals surface area contributed by atoms with Gasteiger partial charge >= 0.3 is 5.97 Å². The van der Waals surface area contributed by atoms with Gasteiger partial charge in [0, 0.05) is 11.6 Å². The first-order valence-corrected chi connectivity index (χ1v) is 14.6. The van der Waals surface area contributed by atoms with Crippen LogP contribution < -0.4 is 14.2 Å². The molecule has 5 heteroatoms. The second-order valence-corrected chi connectivity index (χ2v) is 9.39. The van der Waals surface area contributed by atoms with Crippen molar-refractivity contribution in [3.05, 3.63) is 23.8 Å². The van der Waals surface area contributed by atoms with Gasteiger partial charge in [-0.05, 0) is 43.9 Å². The number of unbranched alkanes of at least 4 members (excludes halogenated alkanes) is 10. The summed E-state index contributed by atoms with van der Waals surface area (Å²) in [5.74, 6) is 1.69. The number of esters is 1. The molecule has 0 aliphatic rings. The topological polar surface area (TPSA) is 54.0 Å². The second kappa shape index (κ2) is 22.1. The molecule has 0 spiro atoms. The highest BCUT2D eigenvalue weighted by molar-refractivity contribution is 5.88. The van der Waals surface area contributed by atoms with Crippen LogP contribution in [0.5, 0.6) is 17.2 Å². The average molecular weight is 505 g/mol. The van der Waals surface area contributed by atoms with Gasteiger partial charge in [-0.2, -0.15) is 0 Å². The van der Waals surface area contributed by atoms with E-state index in [1.54, 1.807) is 6.08 Å². The zero-order chi connectivity index (χ0) is 26.3. The molecular weight excluding hydrogens is 452 g/mol. The molecule has 0 aliphatic heterocycles. The molecule has 0 N–H and O–H groups in total. The average Bonchev–Trinajstić information content (AvgIpc) is 2.88. The van der Waals surface area contributed by atoms with Gasteiger partial charge in [-0.3, -0.25) is 0 Å². The van der Waals surface area contributed by atoms with Crippen LogP contribution in [0.25, 0.3) is 6.08 Å². The van der Waals surface area contributed by atoms with Crippen molar-refractivity contribution in [2.75, 3.05) is 26.4 Å². The molecule has 206 valence electrons. The van der Waals surface area contributed by atoms with E-state index in [0.29, 0.717) is 43.7 Å². The smallest absolute Gasteiger partial charge is 0.330 e. The first kappa shape index (κ1) is 31.9. The number of hydrogen-bond donors (Lipinski definition) is 0. The Labute approximate surface area is 220 Å². The van der Waals surface area contributed by atoms with Crippen LogP contribution in [0.1, 0.15) is 123 Å². The Bertz CT molecular complexity index is 713. The van der Waals surface area contributed by atoms with Crippen molar-refractivity contribution in [2.45, 2.75) is 118 Å². The van der Waals surface area contributed by atoms with Crippen molar-refractivity contribution in [3.8, 4) is 17.2 Å². The third-order valence-electron chi connectivity index (χ3n) is 5.99. The Morgan fingerprint density at radius 3 is 1.69 bits per heavy atom. The lowest BCUT2D eigenvalue weighted by molar-refractivity contribution is -0.137. The molecule has 5 nitrogen and oxygen atoms in total. The maximum atomic E-state index is 12.2. The lowest BCUT2D eigenvalue weighted by Gasteiger charge is -2.19. The summed E-state index contributed by atoms with van der Waals surface area (Å²) >= 11 is 0. The molecule has 1 rings (SSSR count). The van der Waals surface area contributed by atoms with Gasteiger partial charge in [0.2, 0.25) is 5.75 Å². The van der Waals surface area contributed by atoms with E-state index in [-0.39, 0.29) is 5.97 Å². The maximum absolute atomic E-state index is 12.2. The summed E-state index contributed by atoms with van der Waals surface area (Å²) in [6.45, 7) is 11.0. The van der Waals surface area contributed by atoms with Gasteiger partial charge in [-0.25, -0.2) is 4.79 Å². The highest BCUT2D eigenvalue weighted by atomic mass is 16.5. The molecule has 0 amide bonds. The van der Waals surface area contributed by atoms with Gasteiger partial charge in [-0.1, -0.05) is 91.9 Å². The third kappa shape index (κ3) is 14.4. The molecule has 0 saturated heterocycles. The summed E-state index contributed by atoms with van der Waals surface area (Å²) in [6.07, 6.45) is 18.7. The summed E-state index contributed by atoms with van der Waals surface area (Å²) in [5, 5.41) is 0. The Hall–Kier alpha value is -2.17. The molecular formula is C31H52O5. The highest BCUT2D eigenvalue weighted by Crippen LogP contribution is 2.41. The quantitative estimate of drug-likeness (QED) is 0.0846. The Balaban J connectivity index is 3.10. The van der Waals surface area contributed by atoms with E-state index in [0.717, 1.165) is 56.9 Å². The first-order chi connectivity index (χ1) is 17.7. The Morgan fingerprint density at radius 2 is 1.14 bits per heavy atom. The van der Waals surface area contributed by atoms with Gasteiger partial charge in [-0.15, -0.1) is 0 Å². The van der Waals surface area contributed by atoms with Gasteiger partial charge < -0.3 is 18.9 Å². The van der Waals surface area contributed by atoms with Crippen molar-refractivity contribution >= 4 is 12.0 Å². The van der Waals surface area contributed by atoms with Gasteiger partial charge in [0.15, 0.2) is 11.5 Å². The monoisotopic (exact) mass is 504 g/mol. The fraction of sp³-hybridized carbons (Fsp3) is 0.710. The van der Waals surface area contributed by atoms with E-state index in [4.69, 9.17) is 18.9 Å². The Morgan fingerprint density at radius 1 is 0.611 bits per heavy atom. The molecule has 0 bridgehead atoms. The molecule has 0 saturated carbocycles. The van der Waals surface area contributed by atoms with Crippen molar-refractivity contribution in [1.29, 1.82) is 0 Å². The van der Waals surface area contributed by atoms with Crippen molar-refractivity contribution < 1.29 is 23.7 Å². The van der Waals surface area contributed by atoms with Crippen LogP contribution in [0.3, 0.4) is 0 Å². The molecule has 0 aromatic heterocycles. The van der Waals surface area contributed by atoms with E-state index in [2.05, 4.69) is 27.7 Å². The van der Waals surface area contributed by atoms with Crippen LogP contribution in [-0.2, 0) is 9.53 Å². The van der Waals surface area contributed by atoms with E-state index >= 15 is 0 Å². The second-order valence-electron chi connectivity index (χ2n) is 9.39. The zero-order valence-electron chi connectivity index (χ0n) is 23.6. The number of hydrogen-bond acceptors (Lipinski definition) is 5. The van der Waals surface area contributed by atoms with Gasteiger partial charge in [0.25, 0.3) is 0 Å². The van der Waals surface area contributed by atoms with Crippen LogP contribution in [0.2, 0.25) is 0 Å².